The summed E-state index contributed by atoms with van der Waals surface area (Å²) in [5.41, 5.74) is 4.58. The molecule has 0 bridgehead atoms. The third kappa shape index (κ3) is 5.22. The van der Waals surface area contributed by atoms with Crippen LogP contribution in [0.1, 0.15) is 57.4 Å². The molecule has 0 radical (unpaired) electrons. The van der Waals surface area contributed by atoms with Gasteiger partial charge < -0.3 is 20.9 Å². The van der Waals surface area contributed by atoms with Gasteiger partial charge in [0.2, 0.25) is 0 Å². The lowest BCUT2D eigenvalue weighted by Gasteiger charge is -2.33. The molecule has 1 aliphatic carbocycles. The highest BCUT2D eigenvalue weighted by Crippen LogP contribution is 2.39. The van der Waals surface area contributed by atoms with Crippen LogP contribution < -0.4 is 15.0 Å². The van der Waals surface area contributed by atoms with Crippen LogP contribution in [0, 0.1) is 16.7 Å². The summed E-state index contributed by atoms with van der Waals surface area (Å²) in [6.45, 7) is 4.64. The monoisotopic (exact) mass is 458 g/mol. The lowest BCUT2D eigenvalue weighted by molar-refractivity contribution is 0.206. The second-order valence-electron chi connectivity index (χ2n) is 9.33. The molecule has 4 rings (SSSR count). The molecule has 1 saturated carbocycles. The Morgan fingerprint density at radius 3 is 2.44 bits per heavy atom. The summed E-state index contributed by atoms with van der Waals surface area (Å²) in [6.07, 6.45) is 9.83. The molecule has 1 atom stereocenters. The first-order valence-electron chi connectivity index (χ1n) is 12.2. The smallest absolute Gasteiger partial charge is 0.326 e. The van der Waals surface area contributed by atoms with Crippen LogP contribution in [0.3, 0.4) is 0 Å². The van der Waals surface area contributed by atoms with Crippen LogP contribution in [0.2, 0.25) is 0 Å². The van der Waals surface area contributed by atoms with E-state index in [1.807, 2.05) is 25.1 Å². The summed E-state index contributed by atoms with van der Waals surface area (Å²) >= 11 is 0. The number of allylic oxidation sites excluding steroid dienone is 2. The Bertz CT molecular complexity index is 1070. The zero-order valence-corrected chi connectivity index (χ0v) is 20.0. The predicted molar refractivity (Wildman–Crippen MR) is 138 cm³/mol. The second kappa shape index (κ2) is 10.7. The Morgan fingerprint density at radius 2 is 1.79 bits per heavy atom. The van der Waals surface area contributed by atoms with Crippen molar-refractivity contribution in [1.82, 2.24) is 5.32 Å². The number of urea groups is 1. The zero-order chi connectivity index (χ0) is 24.1. The lowest BCUT2D eigenvalue weighted by atomic mass is 9.77. The summed E-state index contributed by atoms with van der Waals surface area (Å²) in [5, 5.41) is 17.3. The van der Waals surface area contributed by atoms with E-state index in [0.717, 1.165) is 29.5 Å². The van der Waals surface area contributed by atoms with Crippen LogP contribution in [-0.2, 0) is 0 Å². The van der Waals surface area contributed by atoms with Crippen LogP contribution in [0.25, 0.3) is 11.1 Å². The Balaban J connectivity index is 1.52. The summed E-state index contributed by atoms with van der Waals surface area (Å²) in [5.74, 6) is 2.24. The van der Waals surface area contributed by atoms with Crippen molar-refractivity contribution in [2.24, 2.45) is 5.92 Å². The molecule has 1 fully saturated rings. The van der Waals surface area contributed by atoms with Crippen molar-refractivity contribution in [1.29, 1.82) is 10.8 Å². The fraction of sp³-hybridized carbons (Fsp3) is 0.393. The van der Waals surface area contributed by atoms with Crippen LogP contribution in [0.4, 0.5) is 10.5 Å². The maximum atomic E-state index is 12.9. The average molecular weight is 459 g/mol. The molecule has 6 nitrogen and oxygen atoms in total. The molecule has 178 valence electrons. The molecule has 6 heteroatoms. The van der Waals surface area contributed by atoms with Gasteiger partial charge in [0.25, 0.3) is 0 Å². The molecule has 1 heterocycles. The van der Waals surface area contributed by atoms with Crippen molar-refractivity contribution in [3.8, 4) is 16.9 Å². The zero-order valence-electron chi connectivity index (χ0n) is 20.0. The Hall–Kier alpha value is -3.41. The molecule has 2 aromatic rings. The number of anilines is 1. The van der Waals surface area contributed by atoms with E-state index >= 15 is 0 Å². The minimum absolute atomic E-state index is 0.163. The number of carbonyl (C=O) groups excluding carboxylic acids is 1. The third-order valence-corrected chi connectivity index (χ3v) is 7.07. The largest absolute Gasteiger partial charge is 0.487 e. The number of ether oxygens (including phenoxy) is 1. The van der Waals surface area contributed by atoms with Gasteiger partial charge in [-0.2, -0.15) is 0 Å². The topological polar surface area (TPSA) is 89.3 Å². The summed E-state index contributed by atoms with van der Waals surface area (Å²) in [6, 6.07) is 14.5. The second-order valence-corrected chi connectivity index (χ2v) is 9.33. The number of hydrogen-bond donors (Lipinski definition) is 3. The first kappa shape index (κ1) is 23.7. The van der Waals surface area contributed by atoms with E-state index in [9.17, 15) is 4.79 Å². The van der Waals surface area contributed by atoms with Gasteiger partial charge in [-0.25, -0.2) is 4.79 Å². The molecule has 1 aliphatic heterocycles. The van der Waals surface area contributed by atoms with Gasteiger partial charge in [-0.15, -0.1) is 0 Å². The van der Waals surface area contributed by atoms with Crippen LogP contribution in [-0.4, -0.2) is 31.1 Å². The molecule has 0 aromatic heterocycles. The Labute approximate surface area is 202 Å². The predicted octanol–water partition coefficient (Wildman–Crippen LogP) is 6.52. The van der Waals surface area contributed by atoms with Crippen molar-refractivity contribution in [3.63, 3.8) is 0 Å². The number of carbonyl (C=O) groups is 1. The number of nitrogens with zero attached hydrogens (tertiary/aromatic N) is 1. The normalized spacial score (nSPS) is 22.4. The van der Waals surface area contributed by atoms with Crippen molar-refractivity contribution in [2.75, 3.05) is 11.4 Å². The number of fused-ring (bicyclic) bond motifs is 1. The third-order valence-electron chi connectivity index (χ3n) is 7.07. The standard InChI is InChI=1S/C28H34N4O2/c1-3-20-4-6-21(7-5-20)22-8-10-23(11-9-22)24-12-13-26-27(16-24)34-19(2)18-32(26)28(33)31-25(17-30)14-15-29/h8-17,19-21,29-30H,3-7,18H2,1-2H3,(H,31,33)/b25-14+,29-15?,30-17?. The Morgan fingerprint density at radius 1 is 1.09 bits per heavy atom. The van der Waals surface area contributed by atoms with Gasteiger partial charge in [-0.05, 0) is 79.3 Å². The molecule has 0 spiro atoms. The molecular weight excluding hydrogens is 424 g/mol. The molecule has 2 amide bonds. The highest BCUT2D eigenvalue weighted by atomic mass is 16.5. The van der Waals surface area contributed by atoms with Gasteiger partial charge in [-0.3, -0.25) is 4.90 Å². The molecule has 0 saturated heterocycles. The van der Waals surface area contributed by atoms with Gasteiger partial charge >= 0.3 is 6.03 Å². The Kier molecular flexibility index (Phi) is 7.46. The number of amides is 2. The van der Waals surface area contributed by atoms with E-state index in [1.54, 1.807) is 4.90 Å². The van der Waals surface area contributed by atoms with Gasteiger partial charge in [0.15, 0.2) is 0 Å². The fourth-order valence-corrected chi connectivity index (χ4v) is 5.07. The fourth-order valence-electron chi connectivity index (χ4n) is 5.07. The summed E-state index contributed by atoms with van der Waals surface area (Å²) in [7, 11) is 0. The van der Waals surface area contributed by atoms with Gasteiger partial charge in [0, 0.05) is 12.4 Å². The van der Waals surface area contributed by atoms with E-state index in [-0.39, 0.29) is 17.8 Å². The average Bonchev–Trinajstić information content (AvgIpc) is 2.87. The number of benzene rings is 2. The summed E-state index contributed by atoms with van der Waals surface area (Å²) in [4.78, 5) is 14.5. The number of rotatable bonds is 6. The summed E-state index contributed by atoms with van der Waals surface area (Å²) < 4.78 is 6.08. The van der Waals surface area contributed by atoms with E-state index in [0.29, 0.717) is 23.9 Å². The molecule has 1 unspecified atom stereocenters. The van der Waals surface area contributed by atoms with Crippen molar-refractivity contribution in [3.05, 3.63) is 59.8 Å². The van der Waals surface area contributed by atoms with Gasteiger partial charge in [0.05, 0.1) is 17.9 Å². The lowest BCUT2D eigenvalue weighted by Crippen LogP contribution is -2.47. The minimum Gasteiger partial charge on any atom is -0.487 e. The quantitative estimate of drug-likeness (QED) is 0.430. The van der Waals surface area contributed by atoms with Crippen molar-refractivity contribution < 1.29 is 9.53 Å². The number of hydrogen-bond acceptors (Lipinski definition) is 4. The molecular formula is C28H34N4O2. The van der Waals surface area contributed by atoms with E-state index in [2.05, 4.69) is 36.5 Å². The van der Waals surface area contributed by atoms with Crippen molar-refractivity contribution >= 4 is 24.1 Å². The van der Waals surface area contributed by atoms with Crippen LogP contribution in [0.15, 0.2) is 54.2 Å². The highest BCUT2D eigenvalue weighted by Gasteiger charge is 2.28. The van der Waals surface area contributed by atoms with Gasteiger partial charge in [-0.1, -0.05) is 43.7 Å². The van der Waals surface area contributed by atoms with Crippen molar-refractivity contribution in [2.45, 2.75) is 58.0 Å². The van der Waals surface area contributed by atoms with E-state index < -0.39 is 0 Å². The van der Waals surface area contributed by atoms with E-state index in [4.69, 9.17) is 15.6 Å². The van der Waals surface area contributed by atoms with Crippen LogP contribution >= 0.6 is 0 Å². The molecule has 34 heavy (non-hydrogen) atoms. The first-order chi connectivity index (χ1) is 16.5. The molecule has 2 aromatic carbocycles. The van der Waals surface area contributed by atoms with E-state index in [1.165, 1.54) is 43.7 Å². The molecule has 3 N–H and O–H groups in total. The maximum Gasteiger partial charge on any atom is 0.326 e. The SMILES string of the molecule is CCC1CCC(c2ccc(-c3ccc4c(c3)OC(C)CN4C(=O)N/C(C=N)=C/C=N)cc2)CC1. The van der Waals surface area contributed by atoms with Gasteiger partial charge in [0.1, 0.15) is 11.9 Å². The number of nitrogens with one attached hydrogen (secondary N) is 3. The molecule has 2 aliphatic rings. The highest BCUT2D eigenvalue weighted by molar-refractivity contribution is 5.99. The minimum atomic E-state index is -0.345. The maximum absolute atomic E-state index is 12.9. The first-order valence-corrected chi connectivity index (χ1v) is 12.2. The van der Waals surface area contributed by atoms with Crippen LogP contribution in [0.5, 0.6) is 5.75 Å².